The predicted molar refractivity (Wildman–Crippen MR) is 87.1 cm³/mol. The summed E-state index contributed by atoms with van der Waals surface area (Å²) < 4.78 is 0. The van der Waals surface area contributed by atoms with E-state index in [4.69, 9.17) is 4.98 Å². The van der Waals surface area contributed by atoms with Gasteiger partial charge in [-0.25, -0.2) is 9.97 Å². The summed E-state index contributed by atoms with van der Waals surface area (Å²) in [6.45, 7) is 10.0. The van der Waals surface area contributed by atoms with Crippen molar-refractivity contribution in [1.29, 1.82) is 0 Å². The molecule has 5 heteroatoms. The largest absolute Gasteiger partial charge is 0.395 e. The van der Waals surface area contributed by atoms with Gasteiger partial charge in [0.1, 0.15) is 17.5 Å². The summed E-state index contributed by atoms with van der Waals surface area (Å²) >= 11 is 0. The molecule has 1 fully saturated rings. The molecule has 1 saturated carbocycles. The Morgan fingerprint density at radius 3 is 2.52 bits per heavy atom. The number of aliphatic hydroxyl groups excluding tert-OH is 1. The molecule has 0 aliphatic heterocycles. The van der Waals surface area contributed by atoms with Crippen molar-refractivity contribution in [3.63, 3.8) is 0 Å². The Bertz CT molecular complexity index is 472. The van der Waals surface area contributed by atoms with Crippen molar-refractivity contribution in [2.24, 2.45) is 0 Å². The maximum atomic E-state index is 9.41. The van der Waals surface area contributed by atoms with Gasteiger partial charge in [0.15, 0.2) is 0 Å². The number of nitrogens with zero attached hydrogens (tertiary/aromatic N) is 3. The second-order valence-electron chi connectivity index (χ2n) is 6.07. The fourth-order valence-electron chi connectivity index (χ4n) is 2.67. The molecule has 0 unspecified atom stereocenters. The zero-order valence-electron chi connectivity index (χ0n) is 13.7. The van der Waals surface area contributed by atoms with Crippen molar-refractivity contribution in [2.75, 3.05) is 29.9 Å². The molecule has 118 valence electrons. The Labute approximate surface area is 127 Å². The van der Waals surface area contributed by atoms with Gasteiger partial charge < -0.3 is 15.3 Å². The first-order valence-corrected chi connectivity index (χ1v) is 8.08. The summed E-state index contributed by atoms with van der Waals surface area (Å²) in [6, 6.07) is 0.514. The lowest BCUT2D eigenvalue weighted by Crippen LogP contribution is -2.43. The highest BCUT2D eigenvalue weighted by molar-refractivity contribution is 5.59. The summed E-state index contributed by atoms with van der Waals surface area (Å²) in [4.78, 5) is 11.7. The molecule has 0 spiro atoms. The highest BCUT2D eigenvalue weighted by Crippen LogP contribution is 2.33. The van der Waals surface area contributed by atoms with Gasteiger partial charge in [0, 0.05) is 30.6 Å². The monoisotopic (exact) mass is 292 g/mol. The molecule has 5 nitrogen and oxygen atoms in total. The van der Waals surface area contributed by atoms with E-state index in [9.17, 15) is 5.11 Å². The number of rotatable bonds is 7. The zero-order valence-corrected chi connectivity index (χ0v) is 13.7. The third-order valence-corrected chi connectivity index (χ3v) is 4.13. The third-order valence-electron chi connectivity index (χ3n) is 4.13. The van der Waals surface area contributed by atoms with E-state index in [1.54, 1.807) is 0 Å². The van der Waals surface area contributed by atoms with Crippen molar-refractivity contribution in [3.05, 3.63) is 11.4 Å². The average molecular weight is 292 g/mol. The van der Waals surface area contributed by atoms with Crippen LogP contribution in [-0.4, -0.2) is 40.8 Å². The Morgan fingerprint density at radius 1 is 1.33 bits per heavy atom. The molecule has 2 N–H and O–H groups in total. The van der Waals surface area contributed by atoms with E-state index in [0.717, 1.165) is 29.6 Å². The SMILES string of the molecule is CCNc1nc(C(C)C)nc(N(CCO)C2CCC2)c1C. The Kier molecular flexibility index (Phi) is 5.39. The van der Waals surface area contributed by atoms with Crippen molar-refractivity contribution >= 4 is 11.6 Å². The number of hydrogen-bond acceptors (Lipinski definition) is 5. The molecule has 0 saturated heterocycles. The van der Waals surface area contributed by atoms with Crippen LogP contribution in [0, 0.1) is 6.92 Å². The molecule has 21 heavy (non-hydrogen) atoms. The molecule has 1 aromatic heterocycles. The minimum atomic E-state index is 0.160. The van der Waals surface area contributed by atoms with Crippen LogP contribution in [0.25, 0.3) is 0 Å². The Morgan fingerprint density at radius 2 is 2.05 bits per heavy atom. The first-order valence-electron chi connectivity index (χ1n) is 8.08. The lowest BCUT2D eigenvalue weighted by atomic mass is 9.91. The standard InChI is InChI=1S/C16H28N4O/c1-5-17-15-12(4)16(19-14(18-15)11(2)3)20(9-10-21)13-7-6-8-13/h11,13,21H,5-10H2,1-4H3,(H,17,18,19). The topological polar surface area (TPSA) is 61.3 Å². The smallest absolute Gasteiger partial charge is 0.137 e. The number of aliphatic hydroxyl groups is 1. The zero-order chi connectivity index (χ0) is 15.4. The molecule has 1 aliphatic rings. The van der Waals surface area contributed by atoms with Crippen LogP contribution in [0.3, 0.4) is 0 Å². The molecule has 1 heterocycles. The summed E-state index contributed by atoms with van der Waals surface area (Å²) in [5.74, 6) is 3.07. The number of anilines is 2. The van der Waals surface area contributed by atoms with Gasteiger partial charge in [0.25, 0.3) is 0 Å². The van der Waals surface area contributed by atoms with E-state index in [2.05, 4.69) is 42.9 Å². The van der Waals surface area contributed by atoms with Crippen molar-refractivity contribution in [3.8, 4) is 0 Å². The summed E-state index contributed by atoms with van der Waals surface area (Å²) in [5, 5.41) is 12.8. The molecular formula is C16H28N4O. The van der Waals surface area contributed by atoms with Crippen LogP contribution < -0.4 is 10.2 Å². The van der Waals surface area contributed by atoms with Gasteiger partial charge in [0.05, 0.1) is 6.61 Å². The quantitative estimate of drug-likeness (QED) is 0.809. The molecule has 0 radical (unpaired) electrons. The normalized spacial score (nSPS) is 15.1. The van der Waals surface area contributed by atoms with Gasteiger partial charge in [-0.3, -0.25) is 0 Å². The van der Waals surface area contributed by atoms with Crippen LogP contribution in [0.2, 0.25) is 0 Å². The lowest BCUT2D eigenvalue weighted by Gasteiger charge is -2.39. The van der Waals surface area contributed by atoms with Crippen LogP contribution in [-0.2, 0) is 0 Å². The van der Waals surface area contributed by atoms with E-state index >= 15 is 0 Å². The molecule has 1 aliphatic carbocycles. The molecule has 2 rings (SSSR count). The second kappa shape index (κ2) is 7.07. The van der Waals surface area contributed by atoms with Crippen LogP contribution in [0.15, 0.2) is 0 Å². The molecule has 0 atom stereocenters. The minimum Gasteiger partial charge on any atom is -0.395 e. The maximum absolute atomic E-state index is 9.41. The van der Waals surface area contributed by atoms with Gasteiger partial charge in [-0.15, -0.1) is 0 Å². The second-order valence-corrected chi connectivity index (χ2v) is 6.07. The summed E-state index contributed by atoms with van der Waals surface area (Å²) in [7, 11) is 0. The van der Waals surface area contributed by atoms with Crippen LogP contribution in [0.5, 0.6) is 0 Å². The van der Waals surface area contributed by atoms with E-state index < -0.39 is 0 Å². The summed E-state index contributed by atoms with van der Waals surface area (Å²) in [5.41, 5.74) is 1.08. The Hall–Kier alpha value is -1.36. The highest BCUT2D eigenvalue weighted by Gasteiger charge is 2.28. The van der Waals surface area contributed by atoms with Gasteiger partial charge in [-0.2, -0.15) is 0 Å². The van der Waals surface area contributed by atoms with E-state index in [-0.39, 0.29) is 6.61 Å². The van der Waals surface area contributed by atoms with Crippen molar-refractivity contribution in [1.82, 2.24) is 9.97 Å². The lowest BCUT2D eigenvalue weighted by molar-refractivity contribution is 0.282. The van der Waals surface area contributed by atoms with E-state index in [1.165, 1.54) is 19.3 Å². The van der Waals surface area contributed by atoms with Gasteiger partial charge in [0.2, 0.25) is 0 Å². The molecule has 1 aromatic rings. The highest BCUT2D eigenvalue weighted by atomic mass is 16.3. The van der Waals surface area contributed by atoms with Crippen LogP contribution in [0.1, 0.15) is 57.3 Å². The maximum Gasteiger partial charge on any atom is 0.137 e. The Balaban J connectivity index is 2.42. The number of hydrogen-bond donors (Lipinski definition) is 2. The first kappa shape index (κ1) is 16.0. The number of aromatic nitrogens is 2. The first-order chi connectivity index (χ1) is 10.1. The van der Waals surface area contributed by atoms with Gasteiger partial charge in [-0.1, -0.05) is 13.8 Å². The predicted octanol–water partition coefficient (Wildman–Crippen LogP) is 2.69. The van der Waals surface area contributed by atoms with E-state index in [0.29, 0.717) is 18.5 Å². The van der Waals surface area contributed by atoms with Gasteiger partial charge >= 0.3 is 0 Å². The van der Waals surface area contributed by atoms with Crippen LogP contribution >= 0.6 is 0 Å². The van der Waals surface area contributed by atoms with E-state index in [1.807, 2.05) is 0 Å². The average Bonchev–Trinajstić information content (AvgIpc) is 2.38. The fourth-order valence-corrected chi connectivity index (χ4v) is 2.67. The van der Waals surface area contributed by atoms with Crippen LogP contribution in [0.4, 0.5) is 11.6 Å². The minimum absolute atomic E-state index is 0.160. The molecule has 0 bridgehead atoms. The van der Waals surface area contributed by atoms with Crippen molar-refractivity contribution in [2.45, 2.75) is 58.9 Å². The van der Waals surface area contributed by atoms with Gasteiger partial charge in [-0.05, 0) is 33.1 Å². The number of nitrogens with one attached hydrogen (secondary N) is 1. The summed E-state index contributed by atoms with van der Waals surface area (Å²) in [6.07, 6.45) is 3.65. The molecular weight excluding hydrogens is 264 g/mol. The van der Waals surface area contributed by atoms with Crippen molar-refractivity contribution < 1.29 is 5.11 Å². The molecule has 0 amide bonds. The molecule has 0 aromatic carbocycles. The third kappa shape index (κ3) is 3.46. The fraction of sp³-hybridized carbons (Fsp3) is 0.750.